The minimum Gasteiger partial charge on any atom is -0.281 e. The highest BCUT2D eigenvalue weighted by Gasteiger charge is 2.22. The highest BCUT2D eigenvalue weighted by atomic mass is 19.1. The molecule has 1 saturated carbocycles. The average Bonchev–Trinajstić information content (AvgIpc) is 3.13. The van der Waals surface area contributed by atoms with Gasteiger partial charge in [-0.15, -0.1) is 0 Å². The van der Waals surface area contributed by atoms with Gasteiger partial charge >= 0.3 is 0 Å². The van der Waals surface area contributed by atoms with Gasteiger partial charge in [-0.25, -0.2) is 4.39 Å². The highest BCUT2D eigenvalue weighted by molar-refractivity contribution is 6.02. The molecule has 0 N–H and O–H groups in total. The Bertz CT molecular complexity index is 726. The fraction of sp³-hybridized carbons (Fsp3) is 0.409. The molecule has 2 aromatic carbocycles. The smallest absolute Gasteiger partial charge is 0.132 e. The molecule has 2 aromatic rings. The molecule has 0 bridgehead atoms. The van der Waals surface area contributed by atoms with Gasteiger partial charge in [-0.3, -0.25) is 4.99 Å². The molecule has 0 radical (unpaired) electrons. The van der Waals surface area contributed by atoms with Crippen LogP contribution < -0.4 is 0 Å². The number of nitrogens with zero attached hydrogens (tertiary/aromatic N) is 1. The van der Waals surface area contributed by atoms with Gasteiger partial charge in [0.25, 0.3) is 0 Å². The van der Waals surface area contributed by atoms with E-state index in [2.05, 4.69) is 24.3 Å². The third-order valence-corrected chi connectivity index (χ3v) is 5.55. The van der Waals surface area contributed by atoms with Gasteiger partial charge in [0.05, 0.1) is 6.04 Å². The standard InChI is InChI=1S/C22H24FN/c23-20-9-5-4-8-19(20)22-15-14-21(24-22)18-12-10-17(11-13-18)16-6-2-1-3-7-16/h4-5,8-13,16,21H,1-3,6-7,14-15H2. The molecule has 0 saturated heterocycles. The van der Waals surface area contributed by atoms with Crippen molar-refractivity contribution in [3.8, 4) is 0 Å². The van der Waals surface area contributed by atoms with Crippen LogP contribution in [0.15, 0.2) is 53.5 Å². The summed E-state index contributed by atoms with van der Waals surface area (Å²) in [7, 11) is 0. The van der Waals surface area contributed by atoms with Crippen molar-refractivity contribution in [2.24, 2.45) is 4.99 Å². The number of aliphatic imine (C=N–C) groups is 1. The quantitative estimate of drug-likeness (QED) is 0.638. The fourth-order valence-electron chi connectivity index (χ4n) is 4.16. The lowest BCUT2D eigenvalue weighted by molar-refractivity contribution is 0.443. The van der Waals surface area contributed by atoms with Crippen molar-refractivity contribution in [1.82, 2.24) is 0 Å². The first-order valence-corrected chi connectivity index (χ1v) is 9.23. The van der Waals surface area contributed by atoms with Crippen LogP contribution in [0.25, 0.3) is 0 Å². The number of benzene rings is 2. The lowest BCUT2D eigenvalue weighted by atomic mass is 9.83. The van der Waals surface area contributed by atoms with Crippen LogP contribution in [0.5, 0.6) is 0 Å². The second-order valence-electron chi connectivity index (χ2n) is 7.11. The maximum atomic E-state index is 13.9. The Labute approximate surface area is 143 Å². The molecule has 1 heterocycles. The Hall–Kier alpha value is -1.96. The molecular formula is C22H24FN. The molecule has 0 amide bonds. The summed E-state index contributed by atoms with van der Waals surface area (Å²) in [5, 5.41) is 0. The van der Waals surface area contributed by atoms with Gasteiger partial charge in [0.2, 0.25) is 0 Å². The highest BCUT2D eigenvalue weighted by Crippen LogP contribution is 2.35. The van der Waals surface area contributed by atoms with Crippen LogP contribution in [-0.4, -0.2) is 5.71 Å². The minimum atomic E-state index is -0.162. The third-order valence-electron chi connectivity index (χ3n) is 5.55. The summed E-state index contributed by atoms with van der Waals surface area (Å²) in [5.74, 6) is 0.582. The van der Waals surface area contributed by atoms with Crippen LogP contribution in [-0.2, 0) is 0 Å². The molecule has 1 fully saturated rings. The predicted molar refractivity (Wildman–Crippen MR) is 97.2 cm³/mol. The van der Waals surface area contributed by atoms with Crippen LogP contribution in [0.3, 0.4) is 0 Å². The van der Waals surface area contributed by atoms with Crippen molar-refractivity contribution in [3.63, 3.8) is 0 Å². The van der Waals surface area contributed by atoms with E-state index in [1.54, 1.807) is 6.07 Å². The second kappa shape index (κ2) is 6.88. The number of hydrogen-bond acceptors (Lipinski definition) is 1. The first-order chi connectivity index (χ1) is 11.8. The summed E-state index contributed by atoms with van der Waals surface area (Å²) in [6.45, 7) is 0. The molecule has 124 valence electrons. The van der Waals surface area contributed by atoms with E-state index in [1.165, 1.54) is 49.3 Å². The summed E-state index contributed by atoms with van der Waals surface area (Å²) in [6, 6.07) is 16.2. The van der Waals surface area contributed by atoms with Crippen LogP contribution in [0.4, 0.5) is 4.39 Å². The largest absolute Gasteiger partial charge is 0.281 e. The number of hydrogen-bond donors (Lipinski definition) is 0. The molecule has 1 atom stereocenters. The Kier molecular flexibility index (Phi) is 4.46. The van der Waals surface area contributed by atoms with E-state index in [0.29, 0.717) is 5.56 Å². The van der Waals surface area contributed by atoms with E-state index in [4.69, 9.17) is 4.99 Å². The fourth-order valence-corrected chi connectivity index (χ4v) is 4.16. The molecule has 0 aromatic heterocycles. The SMILES string of the molecule is Fc1ccccc1C1=NC(c2ccc(C3CCCCC3)cc2)CC1. The van der Waals surface area contributed by atoms with E-state index in [0.717, 1.165) is 24.5 Å². The molecule has 1 unspecified atom stereocenters. The number of halogens is 1. The van der Waals surface area contributed by atoms with E-state index in [9.17, 15) is 4.39 Å². The van der Waals surface area contributed by atoms with Gasteiger partial charge in [0.15, 0.2) is 0 Å². The van der Waals surface area contributed by atoms with Crippen molar-refractivity contribution >= 4 is 5.71 Å². The maximum Gasteiger partial charge on any atom is 0.132 e. The topological polar surface area (TPSA) is 12.4 Å². The zero-order chi connectivity index (χ0) is 16.4. The first kappa shape index (κ1) is 15.6. The average molecular weight is 321 g/mol. The minimum absolute atomic E-state index is 0.162. The molecule has 1 nitrogen and oxygen atoms in total. The van der Waals surface area contributed by atoms with Crippen molar-refractivity contribution in [1.29, 1.82) is 0 Å². The van der Waals surface area contributed by atoms with Crippen LogP contribution in [0, 0.1) is 5.82 Å². The molecule has 4 rings (SSSR count). The second-order valence-corrected chi connectivity index (χ2v) is 7.11. The van der Waals surface area contributed by atoms with Gasteiger partial charge in [0.1, 0.15) is 5.82 Å². The summed E-state index contributed by atoms with van der Waals surface area (Å²) < 4.78 is 13.9. The van der Waals surface area contributed by atoms with Crippen LogP contribution in [0.1, 0.15) is 73.6 Å². The summed E-state index contributed by atoms with van der Waals surface area (Å²) in [6.07, 6.45) is 8.63. The van der Waals surface area contributed by atoms with Crippen molar-refractivity contribution in [2.45, 2.75) is 56.9 Å². The van der Waals surface area contributed by atoms with Gasteiger partial charge in [-0.05, 0) is 48.8 Å². The van der Waals surface area contributed by atoms with Gasteiger partial charge in [0, 0.05) is 11.3 Å². The van der Waals surface area contributed by atoms with Crippen molar-refractivity contribution in [2.75, 3.05) is 0 Å². The van der Waals surface area contributed by atoms with Gasteiger partial charge in [-0.2, -0.15) is 0 Å². The molecule has 0 spiro atoms. The Balaban J connectivity index is 1.51. The third kappa shape index (κ3) is 3.15. The van der Waals surface area contributed by atoms with Gasteiger partial charge < -0.3 is 0 Å². The van der Waals surface area contributed by atoms with E-state index in [1.807, 2.05) is 12.1 Å². The number of rotatable bonds is 3. The van der Waals surface area contributed by atoms with E-state index >= 15 is 0 Å². The molecule has 1 aliphatic heterocycles. The lowest BCUT2D eigenvalue weighted by Gasteiger charge is -2.22. The maximum absolute atomic E-state index is 13.9. The summed E-state index contributed by atoms with van der Waals surface area (Å²) in [4.78, 5) is 4.81. The summed E-state index contributed by atoms with van der Waals surface area (Å²) in [5.41, 5.74) is 4.32. The monoisotopic (exact) mass is 321 g/mol. The molecule has 2 heteroatoms. The zero-order valence-electron chi connectivity index (χ0n) is 14.0. The van der Waals surface area contributed by atoms with Crippen LogP contribution >= 0.6 is 0 Å². The Morgan fingerprint density at radius 1 is 0.792 bits per heavy atom. The van der Waals surface area contributed by atoms with Crippen LogP contribution in [0.2, 0.25) is 0 Å². The molecule has 2 aliphatic rings. The van der Waals surface area contributed by atoms with Crippen molar-refractivity contribution in [3.05, 3.63) is 71.0 Å². The first-order valence-electron chi connectivity index (χ1n) is 9.23. The predicted octanol–water partition coefficient (Wildman–Crippen LogP) is 6.20. The van der Waals surface area contributed by atoms with E-state index in [-0.39, 0.29) is 11.9 Å². The van der Waals surface area contributed by atoms with E-state index < -0.39 is 0 Å². The lowest BCUT2D eigenvalue weighted by Crippen LogP contribution is -2.04. The normalized spacial score (nSPS) is 21.7. The Morgan fingerprint density at radius 2 is 1.50 bits per heavy atom. The zero-order valence-corrected chi connectivity index (χ0v) is 14.0. The molecule has 1 aliphatic carbocycles. The van der Waals surface area contributed by atoms with Crippen molar-refractivity contribution < 1.29 is 4.39 Å². The molecule has 24 heavy (non-hydrogen) atoms. The van der Waals surface area contributed by atoms with Gasteiger partial charge in [-0.1, -0.05) is 61.7 Å². The Morgan fingerprint density at radius 3 is 2.25 bits per heavy atom. The summed E-state index contributed by atoms with van der Waals surface area (Å²) >= 11 is 0. The molecular weight excluding hydrogens is 297 g/mol.